The van der Waals surface area contributed by atoms with Gasteiger partial charge in [-0.15, -0.1) is 0 Å². The van der Waals surface area contributed by atoms with Crippen molar-refractivity contribution in [2.75, 3.05) is 32.8 Å². The Balaban J connectivity index is 1.00. The number of likely N-dealkylation sites (tertiary alicyclic amines) is 2. The van der Waals surface area contributed by atoms with Crippen LogP contribution in [0.5, 0.6) is 0 Å². The highest BCUT2D eigenvalue weighted by Crippen LogP contribution is 2.65. The van der Waals surface area contributed by atoms with Gasteiger partial charge >= 0.3 is 13.2 Å². The highest BCUT2D eigenvalue weighted by molar-refractivity contribution is 6.47. The third-order valence-electron chi connectivity index (χ3n) is 12.5. The number of benzene rings is 1. The van der Waals surface area contributed by atoms with E-state index >= 15 is 0 Å². The monoisotopic (exact) mass is 668 g/mol. The summed E-state index contributed by atoms with van der Waals surface area (Å²) in [4.78, 5) is 29.9. The molecule has 262 valence electrons. The summed E-state index contributed by atoms with van der Waals surface area (Å²) in [5, 5.41) is 12.9. The number of alkyl carbamates (subject to hydrolysis) is 1. The summed E-state index contributed by atoms with van der Waals surface area (Å²) in [6, 6.07) is 12.1. The molecule has 0 spiro atoms. The summed E-state index contributed by atoms with van der Waals surface area (Å²) < 4.78 is 46.5. The Morgan fingerprint density at radius 2 is 1.94 bits per heavy atom. The first-order valence-corrected chi connectivity index (χ1v) is 17.7. The van der Waals surface area contributed by atoms with Crippen molar-refractivity contribution in [3.05, 3.63) is 35.9 Å². The number of carbonyl (C=O) groups is 2. The lowest BCUT2D eigenvalue weighted by molar-refractivity contribution is -0.199. The second kappa shape index (κ2) is 13.2. The van der Waals surface area contributed by atoms with E-state index in [2.05, 4.69) is 32.2 Å². The van der Waals surface area contributed by atoms with E-state index in [4.69, 9.17) is 14.0 Å². The van der Waals surface area contributed by atoms with Gasteiger partial charge in [0.2, 0.25) is 5.91 Å². The molecule has 0 radical (unpaired) electrons. The lowest BCUT2D eigenvalue weighted by atomic mass is 9.43. The molecule has 1 aromatic carbocycles. The van der Waals surface area contributed by atoms with Crippen LogP contribution in [0.4, 0.5) is 13.6 Å². The number of nitrogens with one attached hydrogen (secondary N) is 1. The van der Waals surface area contributed by atoms with Crippen LogP contribution in [0.2, 0.25) is 0 Å². The molecule has 1 aromatic rings. The minimum absolute atomic E-state index is 0.00866. The summed E-state index contributed by atoms with van der Waals surface area (Å²) >= 11 is 0. The van der Waals surface area contributed by atoms with Gasteiger partial charge < -0.3 is 24.3 Å². The number of alkyl halides is 2. The van der Waals surface area contributed by atoms with Gasteiger partial charge in [-0.3, -0.25) is 9.69 Å². The Kier molecular flexibility index (Phi) is 9.64. The molecule has 6 aliphatic rings. The Bertz CT molecular complexity index is 1390. The largest absolute Gasteiger partial charge is 0.482 e. The second-order valence-corrected chi connectivity index (χ2v) is 16.4. The molecule has 12 heteroatoms. The maximum Gasteiger partial charge on any atom is 0.482 e. The van der Waals surface area contributed by atoms with Crippen LogP contribution in [0.3, 0.4) is 0 Å². The van der Waals surface area contributed by atoms with Crippen LogP contribution in [-0.4, -0.2) is 90.8 Å². The molecule has 3 saturated heterocycles. The fourth-order valence-corrected chi connectivity index (χ4v) is 9.08. The summed E-state index contributed by atoms with van der Waals surface area (Å²) in [6.07, 6.45) is 3.32. The predicted octanol–water partition coefficient (Wildman–Crippen LogP) is 5.48. The van der Waals surface area contributed by atoms with Crippen molar-refractivity contribution in [2.24, 2.45) is 29.1 Å². The standard InChI is InChI=1S/C36H51BF2N4O5/c1-33(2,43-16-14-36(38,39)23-43)13-11-26(20-40)31(44)42-15-12-25(21-42)22-46-32(45)41-30(17-24-9-7-6-8-10-24)37-47-29-19-27-18-28(34(27,3)4)35(29,5)48-37/h6-10,25-30H,11-19,21-23H2,1-5H3,(H,41,45)/t25-,26?,27-,28-,29+,30-,35-/m0/s1. The number of nitriles is 1. The molecule has 1 unspecified atom stereocenters. The van der Waals surface area contributed by atoms with E-state index in [9.17, 15) is 23.6 Å². The van der Waals surface area contributed by atoms with Crippen LogP contribution < -0.4 is 5.32 Å². The van der Waals surface area contributed by atoms with Crippen molar-refractivity contribution in [1.82, 2.24) is 15.1 Å². The molecule has 7 atom stereocenters. The minimum atomic E-state index is -2.69. The third-order valence-corrected chi connectivity index (χ3v) is 12.5. The highest BCUT2D eigenvalue weighted by atomic mass is 19.3. The maximum absolute atomic E-state index is 13.8. The normalized spacial score (nSPS) is 31.8. The topological polar surface area (TPSA) is 104 Å². The molecule has 1 N–H and O–H groups in total. The zero-order chi connectivity index (χ0) is 34.5. The van der Waals surface area contributed by atoms with Crippen molar-refractivity contribution in [1.29, 1.82) is 5.26 Å². The van der Waals surface area contributed by atoms with Gasteiger partial charge in [-0.1, -0.05) is 44.2 Å². The molecule has 3 aliphatic heterocycles. The number of amides is 2. The molecule has 48 heavy (non-hydrogen) atoms. The van der Waals surface area contributed by atoms with Gasteiger partial charge in [-0.05, 0) is 82.1 Å². The molecule has 3 saturated carbocycles. The number of ether oxygens (including phenoxy) is 1. The van der Waals surface area contributed by atoms with Gasteiger partial charge in [0.1, 0.15) is 5.92 Å². The smallest absolute Gasteiger partial charge is 0.449 e. The fraction of sp³-hybridized carbons (Fsp3) is 0.750. The summed E-state index contributed by atoms with van der Waals surface area (Å²) in [5.74, 6) is -3.26. The highest BCUT2D eigenvalue weighted by Gasteiger charge is 2.68. The van der Waals surface area contributed by atoms with E-state index in [1.165, 1.54) is 0 Å². The SMILES string of the molecule is CC1(C)[C@@H]2C[C@H]3OB([C@H](Cc4ccccc4)NC(=O)OC[C@H]4CCN(C(=O)C(C#N)CCC(C)(C)N5CCC(F)(F)C5)C4)O[C@@]3(C)[C@H]1C2. The summed E-state index contributed by atoms with van der Waals surface area (Å²) in [6.45, 7) is 11.6. The minimum Gasteiger partial charge on any atom is -0.449 e. The molecule has 2 amide bonds. The van der Waals surface area contributed by atoms with Crippen molar-refractivity contribution in [3.8, 4) is 6.07 Å². The molecule has 3 heterocycles. The van der Waals surface area contributed by atoms with Crippen molar-refractivity contribution < 1.29 is 32.4 Å². The maximum atomic E-state index is 13.8. The van der Waals surface area contributed by atoms with Crippen molar-refractivity contribution in [3.63, 3.8) is 0 Å². The molecule has 6 fully saturated rings. The van der Waals surface area contributed by atoms with Crippen molar-refractivity contribution >= 4 is 19.1 Å². The first-order chi connectivity index (χ1) is 22.6. The van der Waals surface area contributed by atoms with E-state index in [1.54, 1.807) is 9.80 Å². The molecule has 7 rings (SSSR count). The number of carbonyl (C=O) groups excluding carboxylic acids is 2. The van der Waals surface area contributed by atoms with Gasteiger partial charge in [-0.2, -0.15) is 5.26 Å². The second-order valence-electron chi connectivity index (χ2n) is 16.4. The number of hydrogen-bond donors (Lipinski definition) is 1. The van der Waals surface area contributed by atoms with Gasteiger partial charge in [0.05, 0.1) is 36.9 Å². The molecule has 2 bridgehead atoms. The Morgan fingerprint density at radius 3 is 2.60 bits per heavy atom. The van der Waals surface area contributed by atoms with Crippen LogP contribution in [0.25, 0.3) is 0 Å². The quantitative estimate of drug-likeness (QED) is 0.312. The van der Waals surface area contributed by atoms with Crippen LogP contribution in [0.15, 0.2) is 30.3 Å². The van der Waals surface area contributed by atoms with Crippen LogP contribution in [0, 0.1) is 40.4 Å². The predicted molar refractivity (Wildman–Crippen MR) is 177 cm³/mol. The first kappa shape index (κ1) is 35.1. The Hall–Kier alpha value is -2.75. The van der Waals surface area contributed by atoms with E-state index in [0.29, 0.717) is 57.2 Å². The fourth-order valence-electron chi connectivity index (χ4n) is 9.08. The van der Waals surface area contributed by atoms with Gasteiger partial charge in [0.25, 0.3) is 5.92 Å². The first-order valence-electron chi connectivity index (χ1n) is 17.7. The molecule has 9 nitrogen and oxygen atoms in total. The van der Waals surface area contributed by atoms with E-state index in [1.807, 2.05) is 44.2 Å². The van der Waals surface area contributed by atoms with Crippen molar-refractivity contribution in [2.45, 2.75) is 109 Å². The summed E-state index contributed by atoms with van der Waals surface area (Å²) in [7, 11) is -0.600. The lowest BCUT2D eigenvalue weighted by Gasteiger charge is -2.64. The number of hydrogen-bond acceptors (Lipinski definition) is 7. The van der Waals surface area contributed by atoms with Gasteiger partial charge in [0, 0.05) is 37.5 Å². The average Bonchev–Trinajstić information content (AvgIpc) is 3.76. The van der Waals surface area contributed by atoms with E-state index in [0.717, 1.165) is 18.4 Å². The van der Waals surface area contributed by atoms with Gasteiger partial charge in [0.15, 0.2) is 0 Å². The van der Waals surface area contributed by atoms with Crippen LogP contribution >= 0.6 is 0 Å². The Morgan fingerprint density at radius 1 is 1.19 bits per heavy atom. The number of rotatable bonds is 11. The van der Waals surface area contributed by atoms with E-state index in [-0.39, 0.29) is 42.9 Å². The molecule has 3 aliphatic carbocycles. The lowest BCUT2D eigenvalue weighted by Crippen LogP contribution is -2.65. The number of halogens is 2. The molecule has 0 aromatic heterocycles. The average molecular weight is 669 g/mol. The number of nitrogens with zero attached hydrogens (tertiary/aromatic N) is 3. The van der Waals surface area contributed by atoms with Crippen LogP contribution in [0.1, 0.15) is 78.7 Å². The van der Waals surface area contributed by atoms with Gasteiger partial charge in [-0.25, -0.2) is 13.6 Å². The van der Waals surface area contributed by atoms with E-state index < -0.39 is 42.1 Å². The molecular formula is C36H51BF2N4O5. The Labute approximate surface area is 284 Å². The molecular weight excluding hydrogens is 617 g/mol. The summed E-state index contributed by atoms with van der Waals surface area (Å²) in [5.41, 5.74) is 0.324. The zero-order valence-electron chi connectivity index (χ0n) is 29.1. The van der Waals surface area contributed by atoms with Crippen LogP contribution in [-0.2, 0) is 25.3 Å². The zero-order valence-corrected chi connectivity index (χ0v) is 29.1. The third kappa shape index (κ3) is 6.97.